The molecule has 1 unspecified atom stereocenters. The molecule has 1 aliphatic heterocycles. The van der Waals surface area contributed by atoms with E-state index >= 15 is 0 Å². The highest BCUT2D eigenvalue weighted by atomic mass is 35.5. The third-order valence-corrected chi connectivity index (χ3v) is 3.36. The highest BCUT2D eigenvalue weighted by Gasteiger charge is 2.20. The van der Waals surface area contributed by atoms with E-state index in [-0.39, 0.29) is 6.10 Å². The van der Waals surface area contributed by atoms with Crippen LogP contribution in [0.25, 0.3) is 0 Å². The summed E-state index contributed by atoms with van der Waals surface area (Å²) in [4.78, 5) is 4.36. The number of nitrogens with zero attached hydrogens (tertiary/aromatic N) is 1. The van der Waals surface area contributed by atoms with E-state index in [9.17, 15) is 0 Å². The van der Waals surface area contributed by atoms with Gasteiger partial charge in [-0.25, -0.2) is 0 Å². The Balaban J connectivity index is 2.15. The van der Waals surface area contributed by atoms with Crippen molar-refractivity contribution in [1.82, 2.24) is 5.32 Å². The van der Waals surface area contributed by atoms with Crippen LogP contribution < -0.4 is 10.1 Å². The third kappa shape index (κ3) is 2.85. The molecule has 0 amide bonds. The molecule has 0 aromatic heterocycles. The minimum absolute atomic E-state index is 0.0894. The van der Waals surface area contributed by atoms with Gasteiger partial charge in [0.1, 0.15) is 16.6 Å². The van der Waals surface area contributed by atoms with Gasteiger partial charge >= 0.3 is 0 Å². The lowest BCUT2D eigenvalue weighted by atomic mass is 10.2. The highest BCUT2D eigenvalue weighted by molar-refractivity contribution is 6.42. The molecule has 0 fully saturated rings. The Morgan fingerprint density at radius 2 is 2.29 bits per heavy atom. The molecule has 0 saturated heterocycles. The molecule has 5 heteroatoms. The molecule has 0 saturated carbocycles. The molecule has 1 heterocycles. The smallest absolute Gasteiger partial charge is 0.155 e. The minimum Gasteiger partial charge on any atom is -0.481 e. The molecule has 1 N–H and O–H groups in total. The van der Waals surface area contributed by atoms with E-state index in [0.717, 1.165) is 25.3 Å². The number of benzene rings is 1. The summed E-state index contributed by atoms with van der Waals surface area (Å²) in [6, 6.07) is 5.37. The van der Waals surface area contributed by atoms with Crippen molar-refractivity contribution in [2.75, 3.05) is 13.1 Å². The number of halogens is 2. The van der Waals surface area contributed by atoms with E-state index < -0.39 is 0 Å². The quantitative estimate of drug-likeness (QED) is 0.914. The molecule has 1 atom stereocenters. The zero-order valence-corrected chi connectivity index (χ0v) is 11.1. The van der Waals surface area contributed by atoms with Crippen LogP contribution in [0.15, 0.2) is 23.2 Å². The van der Waals surface area contributed by atoms with E-state index in [2.05, 4.69) is 10.3 Å². The number of amidine groups is 1. The van der Waals surface area contributed by atoms with Crippen molar-refractivity contribution in [1.29, 1.82) is 0 Å². The SMILES string of the molecule is CCC(Oc1cccc(Cl)c1Cl)C1=NCCN1. The van der Waals surface area contributed by atoms with Gasteiger partial charge in [-0.05, 0) is 18.6 Å². The van der Waals surface area contributed by atoms with E-state index in [1.165, 1.54) is 0 Å². The van der Waals surface area contributed by atoms with E-state index in [1.807, 2.05) is 19.1 Å². The van der Waals surface area contributed by atoms with Crippen LogP contribution in [0, 0.1) is 0 Å². The predicted molar refractivity (Wildman–Crippen MR) is 71.5 cm³/mol. The standard InChI is InChI=1S/C12H14Cl2N2O/c1-2-9(12-15-6-7-16-12)17-10-5-3-4-8(13)11(10)14/h3-5,9H,2,6-7H2,1H3,(H,15,16). The Morgan fingerprint density at radius 3 is 2.94 bits per heavy atom. The van der Waals surface area contributed by atoms with Crippen molar-refractivity contribution in [2.24, 2.45) is 4.99 Å². The van der Waals surface area contributed by atoms with Crippen LogP contribution in [-0.2, 0) is 0 Å². The number of rotatable bonds is 4. The van der Waals surface area contributed by atoms with Gasteiger partial charge in [0.15, 0.2) is 6.10 Å². The second-order valence-electron chi connectivity index (χ2n) is 3.76. The summed E-state index contributed by atoms with van der Waals surface area (Å²) >= 11 is 12.0. The van der Waals surface area contributed by atoms with Gasteiger partial charge in [-0.1, -0.05) is 36.2 Å². The molecule has 17 heavy (non-hydrogen) atoms. The fraction of sp³-hybridized carbons (Fsp3) is 0.417. The average molecular weight is 273 g/mol. The Kier molecular flexibility index (Phi) is 4.13. The first-order valence-electron chi connectivity index (χ1n) is 5.61. The van der Waals surface area contributed by atoms with Crippen molar-refractivity contribution in [3.05, 3.63) is 28.2 Å². The van der Waals surface area contributed by atoms with E-state index in [0.29, 0.717) is 15.8 Å². The van der Waals surface area contributed by atoms with Gasteiger partial charge < -0.3 is 10.1 Å². The summed E-state index contributed by atoms with van der Waals surface area (Å²) in [5.74, 6) is 1.49. The van der Waals surface area contributed by atoms with Crippen molar-refractivity contribution in [3.8, 4) is 5.75 Å². The van der Waals surface area contributed by atoms with E-state index in [1.54, 1.807) is 6.07 Å². The maximum Gasteiger partial charge on any atom is 0.155 e. The summed E-state index contributed by atoms with van der Waals surface area (Å²) in [6.07, 6.45) is 0.739. The first kappa shape index (κ1) is 12.5. The first-order chi connectivity index (χ1) is 8.22. The average Bonchev–Trinajstić information content (AvgIpc) is 2.85. The lowest BCUT2D eigenvalue weighted by Gasteiger charge is -2.19. The molecule has 1 aromatic rings. The normalized spacial score (nSPS) is 16.3. The summed E-state index contributed by atoms with van der Waals surface area (Å²) in [6.45, 7) is 3.72. The monoisotopic (exact) mass is 272 g/mol. The Hall–Kier alpha value is -0.930. The van der Waals surface area contributed by atoms with Crippen LogP contribution in [0.4, 0.5) is 0 Å². The maximum absolute atomic E-state index is 6.08. The summed E-state index contributed by atoms with van der Waals surface area (Å²) < 4.78 is 5.85. The van der Waals surface area contributed by atoms with E-state index in [4.69, 9.17) is 27.9 Å². The molecule has 92 valence electrons. The first-order valence-corrected chi connectivity index (χ1v) is 6.37. The van der Waals surface area contributed by atoms with Crippen molar-refractivity contribution < 1.29 is 4.74 Å². The molecule has 2 rings (SSSR count). The molecule has 0 bridgehead atoms. The number of nitrogens with one attached hydrogen (secondary N) is 1. The van der Waals surface area contributed by atoms with Crippen LogP contribution >= 0.6 is 23.2 Å². The van der Waals surface area contributed by atoms with Crippen LogP contribution in [0.1, 0.15) is 13.3 Å². The van der Waals surface area contributed by atoms with Gasteiger partial charge in [0.25, 0.3) is 0 Å². The Bertz CT molecular complexity index is 435. The van der Waals surface area contributed by atoms with Crippen LogP contribution in [-0.4, -0.2) is 25.0 Å². The van der Waals surface area contributed by atoms with Gasteiger partial charge in [0.05, 0.1) is 11.6 Å². The van der Waals surface area contributed by atoms with Gasteiger partial charge in [0, 0.05) is 6.54 Å². The Morgan fingerprint density at radius 1 is 1.47 bits per heavy atom. The minimum atomic E-state index is -0.0894. The van der Waals surface area contributed by atoms with Crippen LogP contribution in [0.3, 0.4) is 0 Å². The summed E-state index contributed by atoms with van der Waals surface area (Å²) in [7, 11) is 0. The fourth-order valence-corrected chi connectivity index (χ4v) is 2.03. The zero-order chi connectivity index (χ0) is 12.3. The second kappa shape index (κ2) is 5.61. The summed E-state index contributed by atoms with van der Waals surface area (Å²) in [5, 5.41) is 4.16. The number of hydrogen-bond donors (Lipinski definition) is 1. The van der Waals surface area contributed by atoms with Gasteiger partial charge in [0.2, 0.25) is 0 Å². The van der Waals surface area contributed by atoms with Crippen molar-refractivity contribution in [3.63, 3.8) is 0 Å². The molecule has 0 spiro atoms. The molecule has 3 nitrogen and oxygen atoms in total. The second-order valence-corrected chi connectivity index (χ2v) is 4.55. The topological polar surface area (TPSA) is 33.6 Å². The predicted octanol–water partition coefficient (Wildman–Crippen LogP) is 3.15. The lowest BCUT2D eigenvalue weighted by Crippen LogP contribution is -2.35. The maximum atomic E-state index is 6.08. The number of hydrogen-bond acceptors (Lipinski definition) is 3. The molecule has 1 aliphatic rings. The van der Waals surface area contributed by atoms with Crippen molar-refractivity contribution in [2.45, 2.75) is 19.4 Å². The van der Waals surface area contributed by atoms with Gasteiger partial charge in [-0.15, -0.1) is 0 Å². The molecular weight excluding hydrogens is 259 g/mol. The molecule has 1 aromatic carbocycles. The lowest BCUT2D eigenvalue weighted by molar-refractivity contribution is 0.260. The third-order valence-electron chi connectivity index (χ3n) is 2.56. The Labute approximate surface area is 111 Å². The summed E-state index contributed by atoms with van der Waals surface area (Å²) in [5.41, 5.74) is 0. The largest absolute Gasteiger partial charge is 0.481 e. The van der Waals surface area contributed by atoms with Gasteiger partial charge in [-0.2, -0.15) is 0 Å². The van der Waals surface area contributed by atoms with Crippen LogP contribution in [0.5, 0.6) is 5.75 Å². The number of ether oxygens (including phenoxy) is 1. The molecular formula is C12H14Cl2N2O. The zero-order valence-electron chi connectivity index (χ0n) is 9.54. The molecule has 0 radical (unpaired) electrons. The molecule has 0 aliphatic carbocycles. The van der Waals surface area contributed by atoms with Gasteiger partial charge in [-0.3, -0.25) is 4.99 Å². The van der Waals surface area contributed by atoms with Crippen LogP contribution in [0.2, 0.25) is 10.0 Å². The fourth-order valence-electron chi connectivity index (χ4n) is 1.69. The highest BCUT2D eigenvalue weighted by Crippen LogP contribution is 2.32. The number of aliphatic imine (C=N–C) groups is 1. The van der Waals surface area contributed by atoms with Crippen molar-refractivity contribution >= 4 is 29.0 Å².